The first-order chi connectivity index (χ1) is 9.25. The second-order valence-corrected chi connectivity index (χ2v) is 10.4. The summed E-state index contributed by atoms with van der Waals surface area (Å²) in [5.41, 5.74) is 0.0239. The maximum Gasteiger partial charge on any atom is 0.211 e. The van der Waals surface area contributed by atoms with Crippen molar-refractivity contribution in [2.75, 3.05) is 19.0 Å². The van der Waals surface area contributed by atoms with E-state index in [9.17, 15) is 8.42 Å². The Labute approximate surface area is 132 Å². The van der Waals surface area contributed by atoms with Gasteiger partial charge < -0.3 is 4.74 Å². The minimum Gasteiger partial charge on any atom is -0.381 e. The molecule has 0 spiro atoms. The van der Waals surface area contributed by atoms with Gasteiger partial charge in [0.2, 0.25) is 10.0 Å². The Kier molecular flexibility index (Phi) is 7.88. The highest BCUT2D eigenvalue weighted by Crippen LogP contribution is 2.25. The molecule has 1 atom stereocenters. The van der Waals surface area contributed by atoms with Gasteiger partial charge in [-0.05, 0) is 23.2 Å². The lowest BCUT2D eigenvalue weighted by Crippen LogP contribution is -2.47. The summed E-state index contributed by atoms with van der Waals surface area (Å²) >= 11 is 0. The zero-order chi connectivity index (χ0) is 16.9. The first kappa shape index (κ1) is 20.9. The largest absolute Gasteiger partial charge is 0.381 e. The molecular formula is C16H35NO3S. The monoisotopic (exact) mass is 321 g/mol. The molecule has 0 rings (SSSR count). The lowest BCUT2D eigenvalue weighted by Gasteiger charge is -2.34. The molecule has 0 saturated heterocycles. The Bertz CT molecular complexity index is 389. The van der Waals surface area contributed by atoms with E-state index in [1.54, 1.807) is 0 Å². The fourth-order valence-electron chi connectivity index (χ4n) is 2.29. The van der Waals surface area contributed by atoms with Crippen LogP contribution in [-0.4, -0.2) is 33.4 Å². The van der Waals surface area contributed by atoms with Crippen LogP contribution in [0.15, 0.2) is 0 Å². The van der Waals surface area contributed by atoms with Gasteiger partial charge in [-0.25, -0.2) is 13.1 Å². The third-order valence-corrected chi connectivity index (χ3v) is 4.58. The van der Waals surface area contributed by atoms with Gasteiger partial charge in [0.1, 0.15) is 0 Å². The molecular weight excluding hydrogens is 286 g/mol. The Morgan fingerprint density at radius 3 is 1.95 bits per heavy atom. The van der Waals surface area contributed by atoms with E-state index >= 15 is 0 Å². The Morgan fingerprint density at radius 1 is 1.05 bits per heavy atom. The van der Waals surface area contributed by atoms with Crippen LogP contribution < -0.4 is 4.72 Å². The van der Waals surface area contributed by atoms with Crippen LogP contribution in [0.2, 0.25) is 0 Å². The molecule has 5 heteroatoms. The summed E-state index contributed by atoms with van der Waals surface area (Å²) in [5, 5.41) is 0. The number of hydrogen-bond donors (Lipinski definition) is 1. The summed E-state index contributed by atoms with van der Waals surface area (Å²) in [6.07, 6.45) is 0.528. The fraction of sp³-hybridized carbons (Fsp3) is 1.00. The van der Waals surface area contributed by atoms with Gasteiger partial charge in [0.05, 0.1) is 12.4 Å². The molecule has 0 aromatic heterocycles. The van der Waals surface area contributed by atoms with Gasteiger partial charge in [-0.15, -0.1) is 0 Å². The molecule has 1 N–H and O–H groups in total. The third-order valence-electron chi connectivity index (χ3n) is 3.14. The van der Waals surface area contributed by atoms with Crippen LogP contribution in [-0.2, 0) is 14.8 Å². The zero-order valence-electron chi connectivity index (χ0n) is 15.1. The Morgan fingerprint density at radius 2 is 1.57 bits per heavy atom. The van der Waals surface area contributed by atoms with Crippen LogP contribution in [0.3, 0.4) is 0 Å². The molecule has 0 aliphatic rings. The number of rotatable bonds is 8. The lowest BCUT2D eigenvalue weighted by atomic mass is 9.81. The maximum atomic E-state index is 12.2. The average Bonchev–Trinajstić information content (AvgIpc) is 2.22. The van der Waals surface area contributed by atoms with Crippen LogP contribution in [0.5, 0.6) is 0 Å². The molecule has 0 radical (unpaired) electrons. The van der Waals surface area contributed by atoms with Crippen molar-refractivity contribution in [3.8, 4) is 0 Å². The van der Waals surface area contributed by atoms with Crippen LogP contribution >= 0.6 is 0 Å². The zero-order valence-corrected chi connectivity index (χ0v) is 15.9. The summed E-state index contributed by atoms with van der Waals surface area (Å²) in [7, 11) is -3.25. The summed E-state index contributed by atoms with van der Waals surface area (Å²) in [4.78, 5) is 0. The predicted molar refractivity (Wildman–Crippen MR) is 89.9 cm³/mol. The van der Waals surface area contributed by atoms with Crippen molar-refractivity contribution < 1.29 is 13.2 Å². The van der Waals surface area contributed by atoms with Crippen molar-refractivity contribution in [1.82, 2.24) is 4.72 Å². The van der Waals surface area contributed by atoms with E-state index in [4.69, 9.17) is 4.74 Å². The molecule has 0 unspecified atom stereocenters. The quantitative estimate of drug-likeness (QED) is 0.697. The summed E-state index contributed by atoms with van der Waals surface area (Å²) in [6, 6.07) is -0.0574. The van der Waals surface area contributed by atoms with Gasteiger partial charge in [0, 0.05) is 12.6 Å². The van der Waals surface area contributed by atoms with Gasteiger partial charge in [0.25, 0.3) is 0 Å². The summed E-state index contributed by atoms with van der Waals surface area (Å²) in [5.74, 6) is 0.383. The molecule has 4 nitrogen and oxygen atoms in total. The highest BCUT2D eigenvalue weighted by atomic mass is 32.2. The van der Waals surface area contributed by atoms with Crippen molar-refractivity contribution in [3.05, 3.63) is 0 Å². The SMILES string of the molecule is CC(C)[C@H](NS(=O)(=O)CCCOCC(C)(C)C)C(C)(C)C. The van der Waals surface area contributed by atoms with Gasteiger partial charge in [0.15, 0.2) is 0 Å². The second kappa shape index (κ2) is 7.93. The van der Waals surface area contributed by atoms with E-state index in [1.165, 1.54) is 0 Å². The summed E-state index contributed by atoms with van der Waals surface area (Å²) in [6.45, 7) is 17.7. The Hall–Kier alpha value is -0.130. The van der Waals surface area contributed by atoms with E-state index in [1.807, 2.05) is 13.8 Å². The van der Waals surface area contributed by atoms with Crippen molar-refractivity contribution in [2.24, 2.45) is 16.7 Å². The van der Waals surface area contributed by atoms with Gasteiger partial charge >= 0.3 is 0 Å². The molecule has 0 fully saturated rings. The van der Waals surface area contributed by atoms with Gasteiger partial charge in [-0.3, -0.25) is 0 Å². The van der Waals surface area contributed by atoms with Crippen molar-refractivity contribution in [2.45, 2.75) is 67.9 Å². The van der Waals surface area contributed by atoms with Crippen LogP contribution in [0.25, 0.3) is 0 Å². The van der Waals surface area contributed by atoms with Crippen molar-refractivity contribution >= 4 is 10.0 Å². The van der Waals surface area contributed by atoms with Crippen molar-refractivity contribution in [3.63, 3.8) is 0 Å². The van der Waals surface area contributed by atoms with Gasteiger partial charge in [-0.2, -0.15) is 0 Å². The van der Waals surface area contributed by atoms with E-state index < -0.39 is 10.0 Å². The average molecular weight is 322 g/mol. The van der Waals surface area contributed by atoms with Crippen LogP contribution in [0, 0.1) is 16.7 Å². The van der Waals surface area contributed by atoms with Crippen LogP contribution in [0.1, 0.15) is 61.8 Å². The number of sulfonamides is 1. The standard InChI is InChI=1S/C16H35NO3S/c1-13(2)14(16(6,7)8)17-21(18,19)11-9-10-20-12-15(3,4)5/h13-14,17H,9-12H2,1-8H3/t14-/m0/s1. The van der Waals surface area contributed by atoms with Gasteiger partial charge in [-0.1, -0.05) is 55.4 Å². The number of hydrogen-bond acceptors (Lipinski definition) is 3. The smallest absolute Gasteiger partial charge is 0.211 e. The second-order valence-electron chi connectivity index (χ2n) is 8.49. The molecule has 0 aliphatic heterocycles. The normalized spacial score (nSPS) is 15.5. The van der Waals surface area contributed by atoms with E-state index in [0.717, 1.165) is 0 Å². The lowest BCUT2D eigenvalue weighted by molar-refractivity contribution is 0.0720. The van der Waals surface area contributed by atoms with Crippen LogP contribution in [0.4, 0.5) is 0 Å². The highest BCUT2D eigenvalue weighted by molar-refractivity contribution is 7.89. The number of ether oxygens (including phenoxy) is 1. The highest BCUT2D eigenvalue weighted by Gasteiger charge is 2.30. The first-order valence-corrected chi connectivity index (χ1v) is 9.47. The topological polar surface area (TPSA) is 55.4 Å². The fourth-order valence-corrected chi connectivity index (χ4v) is 3.92. The molecule has 128 valence electrons. The summed E-state index contributed by atoms with van der Waals surface area (Å²) < 4.78 is 32.7. The Balaban J connectivity index is 4.31. The molecule has 21 heavy (non-hydrogen) atoms. The third kappa shape index (κ3) is 10.3. The first-order valence-electron chi connectivity index (χ1n) is 7.82. The van der Waals surface area contributed by atoms with E-state index in [2.05, 4.69) is 46.3 Å². The molecule has 0 heterocycles. The molecule has 0 amide bonds. The van der Waals surface area contributed by atoms with Crippen molar-refractivity contribution in [1.29, 1.82) is 0 Å². The molecule has 0 aromatic carbocycles. The van der Waals surface area contributed by atoms with E-state index in [-0.39, 0.29) is 28.5 Å². The van der Waals surface area contributed by atoms with E-state index in [0.29, 0.717) is 19.6 Å². The molecule has 0 bridgehead atoms. The minimum atomic E-state index is -3.25. The predicted octanol–water partition coefficient (Wildman–Crippen LogP) is 3.43. The number of nitrogens with one attached hydrogen (secondary N) is 1. The molecule has 0 aliphatic carbocycles. The minimum absolute atomic E-state index is 0.0574. The molecule has 0 saturated carbocycles. The maximum absolute atomic E-state index is 12.2. The molecule has 0 aromatic rings.